The second-order valence-electron chi connectivity index (χ2n) is 3.10. The van der Waals surface area contributed by atoms with Gasteiger partial charge in [-0.25, -0.2) is 8.78 Å². The molecule has 0 heterocycles. The van der Waals surface area contributed by atoms with Crippen LogP contribution in [0, 0.1) is 11.6 Å². The van der Waals surface area contributed by atoms with Crippen molar-refractivity contribution >= 4 is 0 Å². The van der Waals surface area contributed by atoms with Crippen LogP contribution in [0.1, 0.15) is 18.5 Å². The summed E-state index contributed by atoms with van der Waals surface area (Å²) in [5, 5.41) is 11.5. The zero-order valence-corrected chi connectivity index (χ0v) is 7.93. The predicted octanol–water partition coefficient (Wildman–Crippen LogP) is 1.61. The Morgan fingerprint density at radius 2 is 1.86 bits per heavy atom. The summed E-state index contributed by atoms with van der Waals surface area (Å²) in [6.45, 7) is 2.19. The van der Waals surface area contributed by atoms with Gasteiger partial charge in [0.25, 0.3) is 0 Å². The molecule has 0 amide bonds. The minimum absolute atomic E-state index is 0.00212. The fraction of sp³-hybridized carbons (Fsp3) is 0.400. The lowest BCUT2D eigenvalue weighted by molar-refractivity contribution is 0.286. The number of aliphatic hydroxyl groups excluding tert-OH is 1. The van der Waals surface area contributed by atoms with Crippen molar-refractivity contribution in [3.63, 3.8) is 0 Å². The van der Waals surface area contributed by atoms with Crippen molar-refractivity contribution in [3.05, 3.63) is 35.4 Å². The van der Waals surface area contributed by atoms with Crippen LogP contribution in [0.15, 0.2) is 18.2 Å². The van der Waals surface area contributed by atoms with E-state index in [2.05, 4.69) is 5.32 Å². The summed E-state index contributed by atoms with van der Waals surface area (Å²) in [4.78, 5) is 0. The molecule has 0 saturated carbocycles. The first kappa shape index (κ1) is 11.1. The zero-order chi connectivity index (χ0) is 10.6. The average Bonchev–Trinajstić information content (AvgIpc) is 2.12. The Morgan fingerprint density at radius 1 is 1.29 bits per heavy atom. The topological polar surface area (TPSA) is 32.3 Å². The van der Waals surface area contributed by atoms with Crippen LogP contribution >= 0.6 is 0 Å². The molecular weight excluding hydrogens is 188 g/mol. The summed E-state index contributed by atoms with van der Waals surface area (Å²) in [7, 11) is 0. The van der Waals surface area contributed by atoms with E-state index in [0.717, 1.165) is 6.07 Å². The lowest BCUT2D eigenvalue weighted by Gasteiger charge is -2.13. The lowest BCUT2D eigenvalue weighted by atomic mass is 10.1. The van der Waals surface area contributed by atoms with E-state index >= 15 is 0 Å². The molecule has 0 aliphatic carbocycles. The third-order valence-electron chi connectivity index (χ3n) is 1.95. The van der Waals surface area contributed by atoms with Crippen LogP contribution in [-0.4, -0.2) is 18.3 Å². The molecular formula is C10H13F2NO. The molecule has 4 heteroatoms. The van der Waals surface area contributed by atoms with Crippen molar-refractivity contribution in [2.24, 2.45) is 0 Å². The van der Waals surface area contributed by atoms with E-state index in [1.807, 2.05) is 0 Å². The lowest BCUT2D eigenvalue weighted by Crippen LogP contribution is -2.22. The molecule has 0 saturated heterocycles. The highest BCUT2D eigenvalue weighted by atomic mass is 19.1. The predicted molar refractivity (Wildman–Crippen MR) is 49.9 cm³/mol. The van der Waals surface area contributed by atoms with Crippen LogP contribution < -0.4 is 5.32 Å². The van der Waals surface area contributed by atoms with Crippen LogP contribution in [0.3, 0.4) is 0 Å². The highest BCUT2D eigenvalue weighted by molar-refractivity contribution is 5.20. The molecule has 1 aromatic carbocycles. The number of aliphatic hydroxyl groups is 1. The molecule has 78 valence electrons. The van der Waals surface area contributed by atoms with E-state index < -0.39 is 11.6 Å². The zero-order valence-electron chi connectivity index (χ0n) is 7.93. The monoisotopic (exact) mass is 201 g/mol. The largest absolute Gasteiger partial charge is 0.395 e. The van der Waals surface area contributed by atoms with E-state index in [1.165, 1.54) is 12.1 Å². The smallest absolute Gasteiger partial charge is 0.126 e. The van der Waals surface area contributed by atoms with Crippen LogP contribution in [0.4, 0.5) is 8.78 Å². The Morgan fingerprint density at radius 3 is 2.36 bits per heavy atom. The molecule has 0 spiro atoms. The second-order valence-corrected chi connectivity index (χ2v) is 3.10. The Kier molecular flexibility index (Phi) is 3.98. The van der Waals surface area contributed by atoms with E-state index in [9.17, 15) is 8.78 Å². The Bertz CT molecular complexity index is 284. The van der Waals surface area contributed by atoms with Crippen molar-refractivity contribution in [2.45, 2.75) is 13.0 Å². The number of benzene rings is 1. The van der Waals surface area contributed by atoms with Crippen LogP contribution in [0.25, 0.3) is 0 Å². The summed E-state index contributed by atoms with van der Waals surface area (Å²) >= 11 is 0. The third kappa shape index (κ3) is 3.05. The van der Waals surface area contributed by atoms with Gasteiger partial charge in [0, 0.05) is 18.7 Å². The maximum atomic E-state index is 12.8. The molecule has 0 radical (unpaired) electrons. The average molecular weight is 201 g/mol. The van der Waals surface area contributed by atoms with E-state index in [-0.39, 0.29) is 12.6 Å². The summed E-state index contributed by atoms with van der Waals surface area (Å²) in [6, 6.07) is 3.21. The quantitative estimate of drug-likeness (QED) is 0.775. The van der Waals surface area contributed by atoms with Gasteiger partial charge in [-0.2, -0.15) is 0 Å². The summed E-state index contributed by atoms with van der Waals surface area (Å²) in [6.07, 6.45) is 0. The van der Waals surface area contributed by atoms with Gasteiger partial charge in [0.15, 0.2) is 0 Å². The minimum Gasteiger partial charge on any atom is -0.395 e. The molecule has 0 aliphatic heterocycles. The van der Waals surface area contributed by atoms with Crippen molar-refractivity contribution < 1.29 is 13.9 Å². The highest BCUT2D eigenvalue weighted by Gasteiger charge is 2.07. The first-order valence-corrected chi connectivity index (χ1v) is 4.43. The van der Waals surface area contributed by atoms with Gasteiger partial charge in [-0.3, -0.25) is 0 Å². The molecule has 0 unspecified atom stereocenters. The van der Waals surface area contributed by atoms with Crippen molar-refractivity contribution in [3.8, 4) is 0 Å². The molecule has 14 heavy (non-hydrogen) atoms. The minimum atomic E-state index is -0.586. The van der Waals surface area contributed by atoms with E-state index in [0.29, 0.717) is 12.1 Å². The van der Waals surface area contributed by atoms with Gasteiger partial charge in [0.1, 0.15) is 11.6 Å². The van der Waals surface area contributed by atoms with Crippen molar-refractivity contribution in [1.29, 1.82) is 0 Å². The molecule has 0 fully saturated rings. The molecule has 2 N–H and O–H groups in total. The molecule has 0 bridgehead atoms. The fourth-order valence-electron chi connectivity index (χ4n) is 1.22. The Balaban J connectivity index is 2.73. The van der Waals surface area contributed by atoms with E-state index in [1.54, 1.807) is 6.92 Å². The van der Waals surface area contributed by atoms with Crippen LogP contribution in [-0.2, 0) is 0 Å². The SMILES string of the molecule is C[C@H](NCCO)c1cc(F)cc(F)c1. The van der Waals surface area contributed by atoms with Gasteiger partial charge in [0.2, 0.25) is 0 Å². The number of hydrogen-bond donors (Lipinski definition) is 2. The Hall–Kier alpha value is -1.00. The van der Waals surface area contributed by atoms with Gasteiger partial charge in [-0.15, -0.1) is 0 Å². The normalized spacial score (nSPS) is 12.9. The van der Waals surface area contributed by atoms with E-state index in [4.69, 9.17) is 5.11 Å². The molecule has 1 aromatic rings. The maximum absolute atomic E-state index is 12.8. The summed E-state index contributed by atoms with van der Waals surface area (Å²) in [5.41, 5.74) is 0.538. The summed E-state index contributed by atoms with van der Waals surface area (Å²) < 4.78 is 25.6. The standard InChI is InChI=1S/C10H13F2NO/c1-7(13-2-3-14)8-4-9(11)6-10(12)5-8/h4-7,13-14H,2-3H2,1H3/t7-/m0/s1. The number of hydrogen-bond acceptors (Lipinski definition) is 2. The molecule has 1 rings (SSSR count). The maximum Gasteiger partial charge on any atom is 0.126 e. The van der Waals surface area contributed by atoms with Crippen LogP contribution in [0.2, 0.25) is 0 Å². The molecule has 1 atom stereocenters. The molecule has 0 aromatic heterocycles. The molecule has 2 nitrogen and oxygen atoms in total. The van der Waals surface area contributed by atoms with Gasteiger partial charge in [0.05, 0.1) is 6.61 Å². The van der Waals surface area contributed by atoms with Gasteiger partial charge in [-0.05, 0) is 24.6 Å². The third-order valence-corrected chi connectivity index (χ3v) is 1.95. The van der Waals surface area contributed by atoms with Gasteiger partial charge < -0.3 is 10.4 Å². The van der Waals surface area contributed by atoms with Gasteiger partial charge in [-0.1, -0.05) is 0 Å². The first-order chi connectivity index (χ1) is 6.63. The number of nitrogens with one attached hydrogen (secondary N) is 1. The highest BCUT2D eigenvalue weighted by Crippen LogP contribution is 2.15. The fourth-order valence-corrected chi connectivity index (χ4v) is 1.22. The van der Waals surface area contributed by atoms with Gasteiger partial charge >= 0.3 is 0 Å². The number of rotatable bonds is 4. The first-order valence-electron chi connectivity index (χ1n) is 4.43. The van der Waals surface area contributed by atoms with Crippen molar-refractivity contribution in [2.75, 3.05) is 13.2 Å². The summed E-state index contributed by atoms with van der Waals surface area (Å²) in [5.74, 6) is -1.17. The van der Waals surface area contributed by atoms with Crippen molar-refractivity contribution in [1.82, 2.24) is 5.32 Å². The molecule has 0 aliphatic rings. The second kappa shape index (κ2) is 5.02. The van der Waals surface area contributed by atoms with Crippen LogP contribution in [0.5, 0.6) is 0 Å². The number of halogens is 2. The Labute approximate surface area is 81.6 Å².